The second-order valence-electron chi connectivity index (χ2n) is 4.50. The standard InChI is InChI=1S/C12H21N5/c1-10-2-6-15-12(16-10)17-8-3-11(4-9-17)14-7-5-13/h2,6,11,14H,3-5,7-9,13H2,1H3. The second kappa shape index (κ2) is 5.93. The number of nitrogens with one attached hydrogen (secondary N) is 1. The van der Waals surface area contributed by atoms with Gasteiger partial charge in [-0.15, -0.1) is 0 Å². The monoisotopic (exact) mass is 235 g/mol. The topological polar surface area (TPSA) is 67.1 Å². The molecule has 1 aliphatic heterocycles. The fourth-order valence-corrected chi connectivity index (χ4v) is 2.16. The van der Waals surface area contributed by atoms with Crippen molar-refractivity contribution in [3.63, 3.8) is 0 Å². The number of nitrogens with two attached hydrogens (primary N) is 1. The first kappa shape index (κ1) is 12.3. The third-order valence-electron chi connectivity index (χ3n) is 3.14. The Morgan fingerprint density at radius 2 is 2.24 bits per heavy atom. The molecule has 1 saturated heterocycles. The van der Waals surface area contributed by atoms with Gasteiger partial charge in [-0.3, -0.25) is 0 Å². The van der Waals surface area contributed by atoms with Crippen LogP contribution in [0.25, 0.3) is 0 Å². The van der Waals surface area contributed by atoms with Crippen molar-refractivity contribution in [3.05, 3.63) is 18.0 Å². The molecule has 5 nitrogen and oxygen atoms in total. The van der Waals surface area contributed by atoms with Gasteiger partial charge in [0, 0.05) is 44.1 Å². The number of aromatic nitrogens is 2. The first-order valence-corrected chi connectivity index (χ1v) is 6.27. The highest BCUT2D eigenvalue weighted by molar-refractivity contribution is 5.30. The van der Waals surface area contributed by atoms with Gasteiger partial charge in [-0.25, -0.2) is 9.97 Å². The number of rotatable bonds is 4. The molecule has 0 aliphatic carbocycles. The summed E-state index contributed by atoms with van der Waals surface area (Å²) in [5, 5.41) is 3.46. The highest BCUT2D eigenvalue weighted by atomic mass is 15.3. The molecule has 17 heavy (non-hydrogen) atoms. The van der Waals surface area contributed by atoms with Crippen LogP contribution in [0, 0.1) is 6.92 Å². The molecule has 1 aliphatic rings. The van der Waals surface area contributed by atoms with Crippen LogP contribution in [0.2, 0.25) is 0 Å². The number of aryl methyl sites for hydroxylation is 1. The lowest BCUT2D eigenvalue weighted by atomic mass is 10.1. The molecule has 0 spiro atoms. The van der Waals surface area contributed by atoms with E-state index in [-0.39, 0.29) is 0 Å². The Balaban J connectivity index is 1.86. The van der Waals surface area contributed by atoms with E-state index in [1.807, 2.05) is 19.2 Å². The Kier molecular flexibility index (Phi) is 4.28. The molecule has 2 rings (SSSR count). The Morgan fingerprint density at radius 3 is 2.88 bits per heavy atom. The molecule has 5 heteroatoms. The summed E-state index contributed by atoms with van der Waals surface area (Å²) in [5.41, 5.74) is 6.51. The van der Waals surface area contributed by atoms with Gasteiger partial charge in [-0.2, -0.15) is 0 Å². The molecule has 0 saturated carbocycles. The van der Waals surface area contributed by atoms with E-state index in [9.17, 15) is 0 Å². The van der Waals surface area contributed by atoms with Crippen LogP contribution in [0.3, 0.4) is 0 Å². The van der Waals surface area contributed by atoms with Crippen molar-refractivity contribution < 1.29 is 0 Å². The van der Waals surface area contributed by atoms with E-state index >= 15 is 0 Å². The van der Waals surface area contributed by atoms with Gasteiger partial charge >= 0.3 is 0 Å². The first-order valence-electron chi connectivity index (χ1n) is 6.27. The number of piperidine rings is 1. The maximum absolute atomic E-state index is 5.49. The molecule has 1 aromatic rings. The lowest BCUT2D eigenvalue weighted by Gasteiger charge is -2.32. The SMILES string of the molecule is Cc1ccnc(N2CCC(NCCN)CC2)n1. The van der Waals surface area contributed by atoms with Gasteiger partial charge in [0.05, 0.1) is 0 Å². The largest absolute Gasteiger partial charge is 0.341 e. The van der Waals surface area contributed by atoms with Crippen LogP contribution in [0.5, 0.6) is 0 Å². The minimum absolute atomic E-state index is 0.597. The van der Waals surface area contributed by atoms with Gasteiger partial charge in [0.25, 0.3) is 0 Å². The van der Waals surface area contributed by atoms with Gasteiger partial charge in [0.2, 0.25) is 5.95 Å². The molecule has 0 unspecified atom stereocenters. The molecule has 1 fully saturated rings. The maximum Gasteiger partial charge on any atom is 0.225 e. The summed E-state index contributed by atoms with van der Waals surface area (Å²) in [5.74, 6) is 0.863. The van der Waals surface area contributed by atoms with Crippen molar-refractivity contribution in [2.45, 2.75) is 25.8 Å². The predicted molar refractivity (Wildman–Crippen MR) is 69.1 cm³/mol. The Morgan fingerprint density at radius 1 is 1.47 bits per heavy atom. The minimum atomic E-state index is 0.597. The molecule has 0 bridgehead atoms. The van der Waals surface area contributed by atoms with E-state index in [0.29, 0.717) is 12.6 Å². The van der Waals surface area contributed by atoms with Crippen molar-refractivity contribution in [1.82, 2.24) is 15.3 Å². The van der Waals surface area contributed by atoms with Crippen LogP contribution in [-0.2, 0) is 0 Å². The molecule has 0 aromatic carbocycles. The minimum Gasteiger partial charge on any atom is -0.341 e. The normalized spacial score (nSPS) is 17.4. The van der Waals surface area contributed by atoms with Crippen LogP contribution in [0.15, 0.2) is 12.3 Å². The summed E-state index contributed by atoms with van der Waals surface area (Å²) < 4.78 is 0. The van der Waals surface area contributed by atoms with Gasteiger partial charge in [-0.1, -0.05) is 0 Å². The summed E-state index contributed by atoms with van der Waals surface area (Å²) in [6.45, 7) is 5.66. The zero-order valence-corrected chi connectivity index (χ0v) is 10.4. The summed E-state index contributed by atoms with van der Waals surface area (Å²) in [4.78, 5) is 11.0. The molecule has 94 valence electrons. The fraction of sp³-hybridized carbons (Fsp3) is 0.667. The summed E-state index contributed by atoms with van der Waals surface area (Å²) in [6.07, 6.45) is 4.10. The van der Waals surface area contributed by atoms with E-state index in [4.69, 9.17) is 5.73 Å². The molecule has 2 heterocycles. The smallest absolute Gasteiger partial charge is 0.225 e. The highest BCUT2D eigenvalue weighted by Crippen LogP contribution is 2.15. The van der Waals surface area contributed by atoms with Crippen LogP contribution in [0.1, 0.15) is 18.5 Å². The van der Waals surface area contributed by atoms with Crippen molar-refractivity contribution in [3.8, 4) is 0 Å². The Labute approximate surface area is 102 Å². The lowest BCUT2D eigenvalue weighted by molar-refractivity contribution is 0.416. The zero-order valence-electron chi connectivity index (χ0n) is 10.4. The van der Waals surface area contributed by atoms with Crippen LogP contribution in [-0.4, -0.2) is 42.2 Å². The van der Waals surface area contributed by atoms with Crippen LogP contribution < -0.4 is 16.0 Å². The van der Waals surface area contributed by atoms with Gasteiger partial charge < -0.3 is 16.0 Å². The maximum atomic E-state index is 5.49. The predicted octanol–water partition coefficient (Wildman–Crippen LogP) is 0.302. The average Bonchev–Trinajstić information content (AvgIpc) is 2.37. The number of hydrogen-bond donors (Lipinski definition) is 2. The van der Waals surface area contributed by atoms with Gasteiger partial charge in [0.15, 0.2) is 0 Å². The Hall–Kier alpha value is -1.20. The van der Waals surface area contributed by atoms with Crippen molar-refractivity contribution in [2.24, 2.45) is 5.73 Å². The highest BCUT2D eigenvalue weighted by Gasteiger charge is 2.20. The van der Waals surface area contributed by atoms with Gasteiger partial charge in [0.1, 0.15) is 0 Å². The number of nitrogens with zero attached hydrogens (tertiary/aromatic N) is 3. The molecular weight excluding hydrogens is 214 g/mol. The third kappa shape index (κ3) is 3.38. The van der Waals surface area contributed by atoms with E-state index in [2.05, 4.69) is 20.2 Å². The molecule has 0 amide bonds. The summed E-state index contributed by atoms with van der Waals surface area (Å²) in [6, 6.07) is 2.53. The fourth-order valence-electron chi connectivity index (χ4n) is 2.16. The van der Waals surface area contributed by atoms with Gasteiger partial charge in [-0.05, 0) is 25.8 Å². The molecule has 3 N–H and O–H groups in total. The van der Waals surface area contributed by atoms with Crippen molar-refractivity contribution >= 4 is 5.95 Å². The van der Waals surface area contributed by atoms with Crippen molar-refractivity contribution in [2.75, 3.05) is 31.1 Å². The first-order chi connectivity index (χ1) is 8.29. The molecular formula is C12H21N5. The van der Waals surface area contributed by atoms with E-state index in [1.54, 1.807) is 0 Å². The van der Waals surface area contributed by atoms with E-state index < -0.39 is 0 Å². The molecule has 1 aromatic heterocycles. The summed E-state index contributed by atoms with van der Waals surface area (Å²) in [7, 11) is 0. The third-order valence-corrected chi connectivity index (χ3v) is 3.14. The van der Waals surface area contributed by atoms with E-state index in [1.165, 1.54) is 0 Å². The average molecular weight is 235 g/mol. The second-order valence-corrected chi connectivity index (χ2v) is 4.50. The molecule has 0 radical (unpaired) electrons. The number of anilines is 1. The Bertz CT molecular complexity index is 347. The van der Waals surface area contributed by atoms with Crippen molar-refractivity contribution in [1.29, 1.82) is 0 Å². The summed E-state index contributed by atoms with van der Waals surface area (Å²) >= 11 is 0. The molecule has 0 atom stereocenters. The lowest BCUT2D eigenvalue weighted by Crippen LogP contribution is -2.44. The van der Waals surface area contributed by atoms with E-state index in [0.717, 1.165) is 44.1 Å². The number of hydrogen-bond acceptors (Lipinski definition) is 5. The quantitative estimate of drug-likeness (QED) is 0.786. The zero-order chi connectivity index (χ0) is 12.1. The van der Waals surface area contributed by atoms with Crippen LogP contribution in [0.4, 0.5) is 5.95 Å². The van der Waals surface area contributed by atoms with Crippen LogP contribution >= 0.6 is 0 Å².